The van der Waals surface area contributed by atoms with Gasteiger partial charge in [-0.15, -0.1) is 0 Å². The van der Waals surface area contributed by atoms with Crippen molar-refractivity contribution in [1.29, 1.82) is 0 Å². The Bertz CT molecular complexity index is 227. The molecular weight excluding hydrogens is 142 g/mol. The fourth-order valence-corrected chi connectivity index (χ4v) is 0.765. The minimum atomic E-state index is -0.0285. The van der Waals surface area contributed by atoms with Crippen LogP contribution in [0.5, 0.6) is 0 Å². The molecule has 0 unspecified atom stereocenters. The molecule has 0 aromatic carbocycles. The molecule has 0 bridgehead atoms. The van der Waals surface area contributed by atoms with Crippen LogP contribution in [-0.4, -0.2) is 17.1 Å². The first-order valence-electron chi connectivity index (χ1n) is 3.36. The highest BCUT2D eigenvalue weighted by atomic mass is 16.3. The lowest BCUT2D eigenvalue weighted by atomic mass is 10.3. The van der Waals surface area contributed by atoms with Crippen molar-refractivity contribution in [3.05, 3.63) is 23.9 Å². The Morgan fingerprint density at radius 1 is 1.55 bits per heavy atom. The van der Waals surface area contributed by atoms with E-state index in [9.17, 15) is 0 Å². The van der Waals surface area contributed by atoms with Gasteiger partial charge in [0, 0.05) is 7.05 Å². The molecule has 1 rings (SSSR count). The van der Waals surface area contributed by atoms with E-state index >= 15 is 0 Å². The number of hydrogen-bond acceptors (Lipinski definition) is 4. The van der Waals surface area contributed by atoms with Crippen molar-refractivity contribution in [3.8, 4) is 0 Å². The Morgan fingerprint density at radius 3 is 3.00 bits per heavy atom. The second-order valence-corrected chi connectivity index (χ2v) is 2.05. The molecule has 11 heavy (non-hydrogen) atoms. The Balaban J connectivity index is 2.74. The monoisotopic (exact) mass is 153 g/mol. The van der Waals surface area contributed by atoms with E-state index in [-0.39, 0.29) is 6.61 Å². The highest BCUT2D eigenvalue weighted by molar-refractivity contribution is 5.33. The van der Waals surface area contributed by atoms with Gasteiger partial charge in [0.1, 0.15) is 5.82 Å². The van der Waals surface area contributed by atoms with Crippen LogP contribution in [-0.2, 0) is 6.61 Å². The zero-order valence-corrected chi connectivity index (χ0v) is 6.33. The van der Waals surface area contributed by atoms with Crippen molar-refractivity contribution in [3.63, 3.8) is 0 Å². The van der Waals surface area contributed by atoms with Gasteiger partial charge in [-0.05, 0) is 12.1 Å². The number of nitrogens with zero attached hydrogens (tertiary/aromatic N) is 1. The van der Waals surface area contributed by atoms with Gasteiger partial charge in [-0.25, -0.2) is 10.4 Å². The lowest BCUT2D eigenvalue weighted by Crippen LogP contribution is -2.16. The summed E-state index contributed by atoms with van der Waals surface area (Å²) in [5, 5.41) is 8.72. The predicted octanol–water partition coefficient (Wildman–Crippen LogP) is 0.120. The van der Waals surface area contributed by atoms with Crippen LogP contribution >= 0.6 is 0 Å². The molecule has 1 aromatic heterocycles. The van der Waals surface area contributed by atoms with Crippen LogP contribution in [0.1, 0.15) is 5.69 Å². The smallest absolute Gasteiger partial charge is 0.140 e. The average Bonchev–Trinajstić information content (AvgIpc) is 2.06. The lowest BCUT2D eigenvalue weighted by Gasteiger charge is -2.03. The molecule has 4 heteroatoms. The summed E-state index contributed by atoms with van der Waals surface area (Å²) < 4.78 is 0. The van der Waals surface area contributed by atoms with Crippen LogP contribution < -0.4 is 10.9 Å². The number of anilines is 1. The molecular formula is C7H11N3O. The minimum absolute atomic E-state index is 0.0285. The van der Waals surface area contributed by atoms with Gasteiger partial charge < -0.3 is 10.5 Å². The molecule has 0 aliphatic heterocycles. The molecule has 3 N–H and O–H groups in total. The molecule has 0 atom stereocenters. The maximum Gasteiger partial charge on any atom is 0.140 e. The van der Waals surface area contributed by atoms with E-state index in [0.29, 0.717) is 11.5 Å². The molecule has 0 spiro atoms. The number of pyridine rings is 1. The predicted molar refractivity (Wildman–Crippen MR) is 42.8 cm³/mol. The third-order valence-electron chi connectivity index (χ3n) is 1.22. The minimum Gasteiger partial charge on any atom is -0.390 e. The molecule has 0 saturated heterocycles. The summed E-state index contributed by atoms with van der Waals surface area (Å²) in [6, 6.07) is 5.41. The highest BCUT2D eigenvalue weighted by Crippen LogP contribution is 2.02. The van der Waals surface area contributed by atoms with Gasteiger partial charge in [0.05, 0.1) is 12.3 Å². The summed E-state index contributed by atoms with van der Waals surface area (Å²) in [6.45, 7) is -0.0285. The Labute approximate surface area is 65.2 Å². The van der Waals surface area contributed by atoms with Crippen molar-refractivity contribution in [1.82, 2.24) is 10.4 Å². The first-order valence-corrected chi connectivity index (χ1v) is 3.36. The molecule has 0 radical (unpaired) electrons. The maximum atomic E-state index is 8.72. The van der Waals surface area contributed by atoms with Crippen molar-refractivity contribution in [2.75, 3.05) is 12.5 Å². The van der Waals surface area contributed by atoms with E-state index in [1.165, 1.54) is 0 Å². The number of rotatable bonds is 3. The first-order chi connectivity index (χ1) is 5.36. The molecule has 0 aliphatic rings. The van der Waals surface area contributed by atoms with Crippen LogP contribution in [0.4, 0.5) is 5.82 Å². The first kappa shape index (κ1) is 7.97. The van der Waals surface area contributed by atoms with Gasteiger partial charge in [-0.2, -0.15) is 0 Å². The van der Waals surface area contributed by atoms with E-state index in [4.69, 9.17) is 5.11 Å². The second-order valence-electron chi connectivity index (χ2n) is 2.05. The van der Waals surface area contributed by atoms with Crippen LogP contribution in [0.25, 0.3) is 0 Å². The van der Waals surface area contributed by atoms with E-state index in [0.717, 1.165) is 0 Å². The molecule has 4 nitrogen and oxygen atoms in total. The quantitative estimate of drug-likeness (QED) is 0.540. The Morgan fingerprint density at radius 2 is 2.36 bits per heavy atom. The molecule has 1 heterocycles. The molecule has 0 aliphatic carbocycles. The third-order valence-corrected chi connectivity index (χ3v) is 1.22. The number of hydrazine groups is 1. The normalized spacial score (nSPS) is 9.64. The van der Waals surface area contributed by atoms with Gasteiger partial charge in [-0.1, -0.05) is 6.07 Å². The van der Waals surface area contributed by atoms with E-state index < -0.39 is 0 Å². The van der Waals surface area contributed by atoms with Crippen molar-refractivity contribution in [2.24, 2.45) is 0 Å². The molecule has 60 valence electrons. The van der Waals surface area contributed by atoms with Gasteiger partial charge in [0.25, 0.3) is 0 Å². The van der Waals surface area contributed by atoms with Crippen molar-refractivity contribution in [2.45, 2.75) is 6.61 Å². The number of aromatic nitrogens is 1. The Kier molecular flexibility index (Phi) is 2.83. The number of nitrogens with one attached hydrogen (secondary N) is 2. The van der Waals surface area contributed by atoms with E-state index in [2.05, 4.69) is 15.8 Å². The zero-order valence-electron chi connectivity index (χ0n) is 6.33. The van der Waals surface area contributed by atoms with Gasteiger partial charge in [-0.3, -0.25) is 0 Å². The zero-order chi connectivity index (χ0) is 8.10. The molecule has 0 amide bonds. The summed E-state index contributed by atoms with van der Waals surface area (Å²) >= 11 is 0. The Hall–Kier alpha value is -1.13. The molecule has 0 saturated carbocycles. The SMILES string of the molecule is CNNc1cccc(CO)n1. The standard InChI is InChI=1S/C7H11N3O/c1-8-10-7-4-2-3-6(5-11)9-7/h2-4,8,11H,5H2,1H3,(H,9,10). The van der Waals surface area contributed by atoms with Gasteiger partial charge in [0.15, 0.2) is 0 Å². The fourth-order valence-electron chi connectivity index (χ4n) is 0.765. The van der Waals surface area contributed by atoms with Crippen molar-refractivity contribution >= 4 is 5.82 Å². The third kappa shape index (κ3) is 2.18. The fraction of sp³-hybridized carbons (Fsp3) is 0.286. The second kappa shape index (κ2) is 3.90. The number of aliphatic hydroxyl groups excluding tert-OH is 1. The molecule has 0 fully saturated rings. The van der Waals surface area contributed by atoms with Gasteiger partial charge >= 0.3 is 0 Å². The maximum absolute atomic E-state index is 8.72. The summed E-state index contributed by atoms with van der Waals surface area (Å²) in [4.78, 5) is 4.06. The number of aliphatic hydroxyl groups is 1. The van der Waals surface area contributed by atoms with E-state index in [1.807, 2.05) is 12.1 Å². The molecule has 1 aromatic rings. The highest BCUT2D eigenvalue weighted by Gasteiger charge is 1.92. The van der Waals surface area contributed by atoms with Crippen LogP contribution in [0.15, 0.2) is 18.2 Å². The topological polar surface area (TPSA) is 57.2 Å². The summed E-state index contributed by atoms with van der Waals surface area (Å²) in [5.41, 5.74) is 6.21. The van der Waals surface area contributed by atoms with Crippen LogP contribution in [0.2, 0.25) is 0 Å². The van der Waals surface area contributed by atoms with Crippen LogP contribution in [0.3, 0.4) is 0 Å². The summed E-state index contributed by atoms with van der Waals surface area (Å²) in [5.74, 6) is 0.707. The van der Waals surface area contributed by atoms with Crippen molar-refractivity contribution < 1.29 is 5.11 Å². The van der Waals surface area contributed by atoms with Crippen LogP contribution in [0, 0.1) is 0 Å². The largest absolute Gasteiger partial charge is 0.390 e. The average molecular weight is 153 g/mol. The summed E-state index contributed by atoms with van der Waals surface area (Å²) in [7, 11) is 1.76. The summed E-state index contributed by atoms with van der Waals surface area (Å²) in [6.07, 6.45) is 0. The number of hydrogen-bond donors (Lipinski definition) is 3. The van der Waals surface area contributed by atoms with E-state index in [1.54, 1.807) is 13.1 Å². The van der Waals surface area contributed by atoms with Gasteiger partial charge in [0.2, 0.25) is 0 Å². The lowest BCUT2D eigenvalue weighted by molar-refractivity contribution is 0.277.